The third-order valence-electron chi connectivity index (χ3n) is 3.21. The highest BCUT2D eigenvalue weighted by atomic mass is 16.5. The number of carbonyl (C=O) groups excluding carboxylic acids is 1. The number of methoxy groups -OCH3 is 1. The zero-order valence-corrected chi connectivity index (χ0v) is 14.3. The molecular formula is C16H22N6O2. The van der Waals surface area contributed by atoms with Crippen molar-refractivity contribution in [1.82, 2.24) is 20.3 Å². The quantitative estimate of drug-likeness (QED) is 0.734. The summed E-state index contributed by atoms with van der Waals surface area (Å²) in [4.78, 5) is 26.6. The van der Waals surface area contributed by atoms with Crippen LogP contribution in [0.4, 0.5) is 11.6 Å². The lowest BCUT2D eigenvalue weighted by molar-refractivity contribution is 0.0954. The SMILES string of the molecule is COc1ccc(C(=O)NCCNc2cc(N(C)C)nc(C)n2)cn1. The van der Waals surface area contributed by atoms with Crippen molar-refractivity contribution in [3.05, 3.63) is 35.8 Å². The third-order valence-corrected chi connectivity index (χ3v) is 3.21. The molecule has 0 atom stereocenters. The molecule has 2 N–H and O–H groups in total. The Kier molecular flexibility index (Phi) is 5.89. The second-order valence-corrected chi connectivity index (χ2v) is 5.32. The van der Waals surface area contributed by atoms with Gasteiger partial charge in [-0.3, -0.25) is 4.79 Å². The molecule has 8 heteroatoms. The van der Waals surface area contributed by atoms with Crippen molar-refractivity contribution in [1.29, 1.82) is 0 Å². The van der Waals surface area contributed by atoms with E-state index in [2.05, 4.69) is 25.6 Å². The van der Waals surface area contributed by atoms with E-state index in [4.69, 9.17) is 4.74 Å². The Morgan fingerprint density at radius 1 is 1.25 bits per heavy atom. The molecule has 0 fully saturated rings. The molecule has 1 amide bonds. The van der Waals surface area contributed by atoms with Gasteiger partial charge in [0.1, 0.15) is 17.5 Å². The molecule has 0 aliphatic heterocycles. The van der Waals surface area contributed by atoms with Crippen LogP contribution in [0.5, 0.6) is 5.88 Å². The molecule has 2 aromatic rings. The van der Waals surface area contributed by atoms with E-state index in [1.54, 1.807) is 12.1 Å². The number of aromatic nitrogens is 3. The van der Waals surface area contributed by atoms with Crippen LogP contribution in [0.25, 0.3) is 0 Å². The maximum atomic E-state index is 12.0. The molecule has 128 valence electrons. The second kappa shape index (κ2) is 8.09. The van der Waals surface area contributed by atoms with Crippen LogP contribution < -0.4 is 20.3 Å². The molecular weight excluding hydrogens is 308 g/mol. The normalized spacial score (nSPS) is 10.2. The Bertz CT molecular complexity index is 687. The van der Waals surface area contributed by atoms with Gasteiger partial charge in [0.2, 0.25) is 5.88 Å². The lowest BCUT2D eigenvalue weighted by Gasteiger charge is -2.14. The Labute approximate surface area is 141 Å². The van der Waals surface area contributed by atoms with Crippen LogP contribution in [0.1, 0.15) is 16.2 Å². The Morgan fingerprint density at radius 3 is 2.67 bits per heavy atom. The van der Waals surface area contributed by atoms with E-state index >= 15 is 0 Å². The standard InChI is InChI=1S/C16H22N6O2/c1-11-20-13(9-14(21-11)22(2)3)17-7-8-18-16(23)12-5-6-15(24-4)19-10-12/h5-6,9-10H,7-8H2,1-4H3,(H,18,23)(H,17,20,21). The van der Waals surface area contributed by atoms with Gasteiger partial charge in [0.15, 0.2) is 0 Å². The van der Waals surface area contributed by atoms with Crippen LogP contribution in [-0.4, -0.2) is 55.2 Å². The van der Waals surface area contributed by atoms with Crippen molar-refractivity contribution in [3.8, 4) is 5.88 Å². The molecule has 8 nitrogen and oxygen atoms in total. The zero-order valence-electron chi connectivity index (χ0n) is 14.3. The van der Waals surface area contributed by atoms with Gasteiger partial charge in [-0.25, -0.2) is 15.0 Å². The second-order valence-electron chi connectivity index (χ2n) is 5.32. The fraction of sp³-hybridized carbons (Fsp3) is 0.375. The molecule has 0 aliphatic rings. The molecule has 0 saturated heterocycles. The number of hydrogen-bond acceptors (Lipinski definition) is 7. The van der Waals surface area contributed by atoms with Gasteiger partial charge in [0, 0.05) is 45.5 Å². The first-order valence-electron chi connectivity index (χ1n) is 7.54. The highest BCUT2D eigenvalue weighted by Gasteiger charge is 2.06. The average Bonchev–Trinajstić information content (AvgIpc) is 2.58. The zero-order chi connectivity index (χ0) is 17.5. The van der Waals surface area contributed by atoms with E-state index in [1.807, 2.05) is 32.0 Å². The lowest BCUT2D eigenvalue weighted by atomic mass is 10.2. The molecule has 2 aromatic heterocycles. The summed E-state index contributed by atoms with van der Waals surface area (Å²) >= 11 is 0. The van der Waals surface area contributed by atoms with Crippen molar-refractivity contribution < 1.29 is 9.53 Å². The van der Waals surface area contributed by atoms with Crippen LogP contribution >= 0.6 is 0 Å². The number of carbonyl (C=O) groups is 1. The summed E-state index contributed by atoms with van der Waals surface area (Å²) in [6.07, 6.45) is 1.48. The van der Waals surface area contributed by atoms with Gasteiger partial charge in [0.05, 0.1) is 12.7 Å². The largest absolute Gasteiger partial charge is 0.481 e. The van der Waals surface area contributed by atoms with Gasteiger partial charge in [-0.05, 0) is 13.0 Å². The summed E-state index contributed by atoms with van der Waals surface area (Å²) in [6, 6.07) is 5.19. The number of rotatable bonds is 7. The molecule has 0 aromatic carbocycles. The summed E-state index contributed by atoms with van der Waals surface area (Å²) in [5.41, 5.74) is 0.489. The number of anilines is 2. The first-order chi connectivity index (χ1) is 11.5. The molecule has 0 spiro atoms. The van der Waals surface area contributed by atoms with E-state index in [0.717, 1.165) is 11.6 Å². The first-order valence-corrected chi connectivity index (χ1v) is 7.54. The highest BCUT2D eigenvalue weighted by Crippen LogP contribution is 2.13. The van der Waals surface area contributed by atoms with Crippen LogP contribution in [0.2, 0.25) is 0 Å². The number of pyridine rings is 1. The smallest absolute Gasteiger partial charge is 0.252 e. The molecule has 0 aliphatic carbocycles. The summed E-state index contributed by atoms with van der Waals surface area (Å²) in [7, 11) is 5.38. The van der Waals surface area contributed by atoms with E-state index < -0.39 is 0 Å². The minimum absolute atomic E-state index is 0.181. The van der Waals surface area contributed by atoms with Gasteiger partial charge >= 0.3 is 0 Å². The van der Waals surface area contributed by atoms with Crippen molar-refractivity contribution in [2.45, 2.75) is 6.92 Å². The van der Waals surface area contributed by atoms with E-state index in [1.165, 1.54) is 13.3 Å². The highest BCUT2D eigenvalue weighted by molar-refractivity contribution is 5.93. The minimum Gasteiger partial charge on any atom is -0.481 e. The predicted octanol–water partition coefficient (Wildman–Crippen LogP) is 1.10. The number of ether oxygens (including phenoxy) is 1. The maximum absolute atomic E-state index is 12.0. The molecule has 0 saturated carbocycles. The molecule has 2 heterocycles. The van der Waals surface area contributed by atoms with Crippen LogP contribution in [0, 0.1) is 6.92 Å². The number of hydrogen-bond donors (Lipinski definition) is 2. The van der Waals surface area contributed by atoms with Crippen LogP contribution in [0.3, 0.4) is 0 Å². The van der Waals surface area contributed by atoms with Gasteiger partial charge in [0.25, 0.3) is 5.91 Å². The predicted molar refractivity (Wildman–Crippen MR) is 92.7 cm³/mol. The van der Waals surface area contributed by atoms with Crippen molar-refractivity contribution in [2.75, 3.05) is 44.5 Å². The number of nitrogens with zero attached hydrogens (tertiary/aromatic N) is 4. The topological polar surface area (TPSA) is 92.3 Å². The Hall–Kier alpha value is -2.90. The van der Waals surface area contributed by atoms with Gasteiger partial charge < -0.3 is 20.3 Å². The lowest BCUT2D eigenvalue weighted by Crippen LogP contribution is -2.29. The van der Waals surface area contributed by atoms with Crippen molar-refractivity contribution >= 4 is 17.5 Å². The summed E-state index contributed by atoms with van der Waals surface area (Å²) in [6.45, 7) is 2.86. The third kappa shape index (κ3) is 4.80. The molecule has 2 rings (SSSR count). The fourth-order valence-corrected chi connectivity index (χ4v) is 1.98. The minimum atomic E-state index is -0.181. The van der Waals surface area contributed by atoms with Crippen LogP contribution in [0.15, 0.2) is 24.4 Å². The molecule has 0 bridgehead atoms. The van der Waals surface area contributed by atoms with Crippen molar-refractivity contribution in [2.24, 2.45) is 0 Å². The van der Waals surface area contributed by atoms with E-state index in [0.29, 0.717) is 30.4 Å². The maximum Gasteiger partial charge on any atom is 0.252 e. The van der Waals surface area contributed by atoms with Gasteiger partial charge in [-0.15, -0.1) is 0 Å². The number of amides is 1. The Balaban J connectivity index is 1.83. The number of aryl methyl sites for hydroxylation is 1. The van der Waals surface area contributed by atoms with Gasteiger partial charge in [-0.1, -0.05) is 0 Å². The first kappa shape index (κ1) is 17.5. The van der Waals surface area contributed by atoms with Gasteiger partial charge in [-0.2, -0.15) is 0 Å². The Morgan fingerprint density at radius 2 is 2.04 bits per heavy atom. The monoisotopic (exact) mass is 330 g/mol. The summed E-state index contributed by atoms with van der Waals surface area (Å²) < 4.78 is 4.96. The molecule has 24 heavy (non-hydrogen) atoms. The van der Waals surface area contributed by atoms with Crippen molar-refractivity contribution in [3.63, 3.8) is 0 Å². The summed E-state index contributed by atoms with van der Waals surface area (Å²) in [5, 5.41) is 6.00. The fourth-order valence-electron chi connectivity index (χ4n) is 1.98. The molecule has 0 unspecified atom stereocenters. The van der Waals surface area contributed by atoms with E-state index in [9.17, 15) is 4.79 Å². The molecule has 0 radical (unpaired) electrons. The number of nitrogens with one attached hydrogen (secondary N) is 2. The van der Waals surface area contributed by atoms with Crippen LogP contribution in [-0.2, 0) is 0 Å². The summed E-state index contributed by atoms with van der Waals surface area (Å²) in [5.74, 6) is 2.55. The average molecular weight is 330 g/mol. The van der Waals surface area contributed by atoms with E-state index in [-0.39, 0.29) is 5.91 Å².